The van der Waals surface area contributed by atoms with E-state index in [-0.39, 0.29) is 0 Å². The van der Waals surface area contributed by atoms with Gasteiger partial charge in [0.15, 0.2) is 6.29 Å². The van der Waals surface area contributed by atoms with E-state index < -0.39 is 0 Å². The Kier molecular flexibility index (Phi) is 3.72. The summed E-state index contributed by atoms with van der Waals surface area (Å²) in [5.74, 6) is 0.702. The van der Waals surface area contributed by atoms with Crippen molar-refractivity contribution in [3.8, 4) is 0 Å². The van der Waals surface area contributed by atoms with E-state index in [0.29, 0.717) is 22.5 Å². The largest absolute Gasteiger partial charge is 0.369 e. The second kappa shape index (κ2) is 5.09. The minimum atomic E-state index is 0.530. The van der Waals surface area contributed by atoms with Crippen molar-refractivity contribution in [2.45, 2.75) is 32.7 Å². The van der Waals surface area contributed by atoms with Crippen molar-refractivity contribution in [2.75, 3.05) is 11.4 Å². The van der Waals surface area contributed by atoms with Crippen LogP contribution in [0.3, 0.4) is 0 Å². The number of halogens is 1. The van der Waals surface area contributed by atoms with Crippen molar-refractivity contribution in [3.63, 3.8) is 0 Å². The molecule has 1 aromatic carbocycles. The van der Waals surface area contributed by atoms with Gasteiger partial charge < -0.3 is 4.90 Å². The minimum absolute atomic E-state index is 0.530. The van der Waals surface area contributed by atoms with Gasteiger partial charge in [-0.2, -0.15) is 0 Å². The Morgan fingerprint density at radius 3 is 2.82 bits per heavy atom. The zero-order valence-corrected chi connectivity index (χ0v) is 11.1. The number of hydrogen-bond donors (Lipinski definition) is 0. The Morgan fingerprint density at radius 1 is 1.41 bits per heavy atom. The molecule has 0 N–H and O–H groups in total. The summed E-state index contributed by atoms with van der Waals surface area (Å²) in [7, 11) is 0. The van der Waals surface area contributed by atoms with Crippen LogP contribution >= 0.6 is 11.6 Å². The Balaban J connectivity index is 2.27. The molecule has 0 spiro atoms. The van der Waals surface area contributed by atoms with Gasteiger partial charge in [-0.05, 0) is 43.9 Å². The highest BCUT2D eigenvalue weighted by Gasteiger charge is 2.24. The molecule has 0 aromatic heterocycles. The predicted octanol–water partition coefficient (Wildman–Crippen LogP) is 3.78. The number of nitrogens with zero attached hydrogens (tertiary/aromatic N) is 1. The molecule has 2 nitrogen and oxygen atoms in total. The Labute approximate surface area is 108 Å². The van der Waals surface area contributed by atoms with Gasteiger partial charge in [0.05, 0.1) is 5.02 Å². The highest BCUT2D eigenvalue weighted by Crippen LogP contribution is 2.30. The van der Waals surface area contributed by atoms with Crippen LogP contribution in [0.25, 0.3) is 0 Å². The van der Waals surface area contributed by atoms with Crippen molar-refractivity contribution in [1.82, 2.24) is 0 Å². The molecular weight excluding hydrogens is 234 g/mol. The molecule has 0 saturated carbocycles. The average Bonchev–Trinajstić information content (AvgIpc) is 2.32. The van der Waals surface area contributed by atoms with Crippen LogP contribution in [0.5, 0.6) is 0 Å². The summed E-state index contributed by atoms with van der Waals surface area (Å²) in [5.41, 5.74) is 1.69. The molecule has 2 rings (SSSR count). The normalized spacial score (nSPS) is 24.8. The van der Waals surface area contributed by atoms with Crippen molar-refractivity contribution in [2.24, 2.45) is 5.92 Å². The van der Waals surface area contributed by atoms with Crippen LogP contribution in [0.15, 0.2) is 18.2 Å². The maximum absolute atomic E-state index is 10.7. The average molecular weight is 252 g/mol. The first-order valence-corrected chi connectivity index (χ1v) is 6.52. The highest BCUT2D eigenvalue weighted by atomic mass is 35.5. The molecule has 2 atom stereocenters. The number of rotatable bonds is 2. The summed E-state index contributed by atoms with van der Waals surface area (Å²) in [6.45, 7) is 5.62. The third-order valence-corrected chi connectivity index (χ3v) is 4.14. The van der Waals surface area contributed by atoms with Gasteiger partial charge in [0.25, 0.3) is 0 Å². The van der Waals surface area contributed by atoms with Gasteiger partial charge >= 0.3 is 0 Å². The van der Waals surface area contributed by atoms with Crippen molar-refractivity contribution < 1.29 is 4.79 Å². The molecule has 0 bridgehead atoms. The second-order valence-electron chi connectivity index (χ2n) is 4.88. The SMILES string of the molecule is CC1CCCN(c2ccc(C=O)c(Cl)c2)C1C. The molecule has 0 radical (unpaired) electrons. The van der Waals surface area contributed by atoms with Crippen LogP contribution in [0.4, 0.5) is 5.69 Å². The van der Waals surface area contributed by atoms with Crippen LogP contribution in [0.1, 0.15) is 37.0 Å². The smallest absolute Gasteiger partial charge is 0.151 e. The maximum Gasteiger partial charge on any atom is 0.151 e. The molecule has 2 unspecified atom stereocenters. The van der Waals surface area contributed by atoms with E-state index in [9.17, 15) is 4.79 Å². The van der Waals surface area contributed by atoms with E-state index >= 15 is 0 Å². The topological polar surface area (TPSA) is 20.3 Å². The molecule has 92 valence electrons. The van der Waals surface area contributed by atoms with E-state index in [1.807, 2.05) is 12.1 Å². The molecule has 1 heterocycles. The summed E-state index contributed by atoms with van der Waals surface area (Å²) in [6, 6.07) is 6.22. The van der Waals surface area contributed by atoms with E-state index in [1.54, 1.807) is 6.07 Å². The number of benzene rings is 1. The van der Waals surface area contributed by atoms with Gasteiger partial charge in [-0.3, -0.25) is 4.79 Å². The molecule has 1 aliphatic heterocycles. The van der Waals surface area contributed by atoms with Crippen molar-refractivity contribution in [1.29, 1.82) is 0 Å². The first-order valence-electron chi connectivity index (χ1n) is 6.15. The molecule has 17 heavy (non-hydrogen) atoms. The quantitative estimate of drug-likeness (QED) is 0.746. The van der Waals surface area contributed by atoms with E-state index in [0.717, 1.165) is 18.5 Å². The molecule has 1 saturated heterocycles. The first-order chi connectivity index (χ1) is 8.13. The zero-order chi connectivity index (χ0) is 12.4. The second-order valence-corrected chi connectivity index (χ2v) is 5.28. The predicted molar refractivity (Wildman–Crippen MR) is 72.0 cm³/mol. The van der Waals surface area contributed by atoms with Gasteiger partial charge in [0.1, 0.15) is 0 Å². The van der Waals surface area contributed by atoms with Crippen molar-refractivity contribution >= 4 is 23.6 Å². The number of hydrogen-bond acceptors (Lipinski definition) is 2. The number of piperidine rings is 1. The number of carbonyl (C=O) groups is 1. The lowest BCUT2D eigenvalue weighted by Crippen LogP contribution is -2.42. The van der Waals surface area contributed by atoms with Crippen LogP contribution in [-0.4, -0.2) is 18.9 Å². The lowest BCUT2D eigenvalue weighted by Gasteiger charge is -2.39. The van der Waals surface area contributed by atoms with Crippen LogP contribution < -0.4 is 4.90 Å². The Morgan fingerprint density at radius 2 is 2.18 bits per heavy atom. The third kappa shape index (κ3) is 2.47. The lowest BCUT2D eigenvalue weighted by atomic mass is 9.91. The summed E-state index contributed by atoms with van der Waals surface area (Å²) in [5, 5.41) is 0.544. The molecule has 0 aliphatic carbocycles. The number of carbonyl (C=O) groups excluding carboxylic acids is 1. The zero-order valence-electron chi connectivity index (χ0n) is 10.3. The van der Waals surface area contributed by atoms with E-state index in [2.05, 4.69) is 18.7 Å². The van der Waals surface area contributed by atoms with Gasteiger partial charge in [-0.15, -0.1) is 0 Å². The molecule has 1 fully saturated rings. The minimum Gasteiger partial charge on any atom is -0.369 e. The van der Waals surface area contributed by atoms with Crippen LogP contribution in [0.2, 0.25) is 5.02 Å². The third-order valence-electron chi connectivity index (χ3n) is 3.82. The summed E-state index contributed by atoms with van der Waals surface area (Å²) in [6.07, 6.45) is 3.31. The molecule has 3 heteroatoms. The molecule has 1 aromatic rings. The van der Waals surface area contributed by atoms with Crippen LogP contribution in [0, 0.1) is 5.92 Å². The Bertz CT molecular complexity index is 419. The van der Waals surface area contributed by atoms with Crippen LogP contribution in [-0.2, 0) is 0 Å². The number of anilines is 1. The fraction of sp³-hybridized carbons (Fsp3) is 0.500. The van der Waals surface area contributed by atoms with Gasteiger partial charge in [0.2, 0.25) is 0 Å². The van der Waals surface area contributed by atoms with Crippen molar-refractivity contribution in [3.05, 3.63) is 28.8 Å². The van der Waals surface area contributed by atoms with Gasteiger partial charge in [-0.25, -0.2) is 0 Å². The van der Waals surface area contributed by atoms with E-state index in [4.69, 9.17) is 11.6 Å². The fourth-order valence-electron chi connectivity index (χ4n) is 2.49. The standard InChI is InChI=1S/C14H18ClNO/c1-10-4-3-7-16(11(10)2)13-6-5-12(9-17)14(15)8-13/h5-6,8-11H,3-4,7H2,1-2H3. The monoisotopic (exact) mass is 251 g/mol. The van der Waals surface area contributed by atoms with Gasteiger partial charge in [-0.1, -0.05) is 18.5 Å². The number of aldehydes is 1. The first kappa shape index (κ1) is 12.4. The summed E-state index contributed by atoms with van der Waals surface area (Å²) in [4.78, 5) is 13.1. The fourth-order valence-corrected chi connectivity index (χ4v) is 2.71. The van der Waals surface area contributed by atoms with E-state index in [1.165, 1.54) is 12.8 Å². The highest BCUT2D eigenvalue weighted by molar-refractivity contribution is 6.33. The maximum atomic E-state index is 10.7. The summed E-state index contributed by atoms with van der Waals surface area (Å²) >= 11 is 6.07. The van der Waals surface area contributed by atoms with Gasteiger partial charge in [0, 0.05) is 23.8 Å². The summed E-state index contributed by atoms with van der Waals surface area (Å²) < 4.78 is 0. The molecular formula is C14H18ClNO. The lowest BCUT2D eigenvalue weighted by molar-refractivity contribution is 0.112. The Hall–Kier alpha value is -1.02. The molecule has 1 aliphatic rings. The molecule has 0 amide bonds.